The number of hydrogen-bond donors (Lipinski definition) is 2. The number of aromatic nitrogens is 1. The maximum atomic E-state index is 11.1. The Morgan fingerprint density at radius 2 is 1.57 bits per heavy atom. The highest BCUT2D eigenvalue weighted by atomic mass is 32.2. The topological polar surface area (TPSA) is 70.2 Å². The average molecular weight is 307 g/mol. The monoisotopic (exact) mass is 307 g/mol. The Bertz CT molecular complexity index is 725. The lowest BCUT2D eigenvalue weighted by atomic mass is 9.99. The lowest BCUT2D eigenvalue weighted by Gasteiger charge is -2.08. The molecule has 2 aromatic rings. The van der Waals surface area contributed by atoms with Crippen molar-refractivity contribution in [1.29, 1.82) is 0 Å². The van der Waals surface area contributed by atoms with Crippen molar-refractivity contribution in [3.8, 4) is 11.1 Å². The van der Waals surface area contributed by atoms with E-state index in [-0.39, 0.29) is 4.90 Å². The largest absolute Gasteiger partial charge is 0.361 e. The zero-order chi connectivity index (χ0) is 15.8. The van der Waals surface area contributed by atoms with Gasteiger partial charge in [0, 0.05) is 17.0 Å². The van der Waals surface area contributed by atoms with Crippen molar-refractivity contribution in [3.63, 3.8) is 0 Å². The molecule has 0 radical (unpaired) electrons. The molecular weight excluding hydrogens is 286 g/mol. The van der Waals surface area contributed by atoms with Gasteiger partial charge in [-0.25, -0.2) is 0 Å². The molecule has 21 heavy (non-hydrogen) atoms. The van der Waals surface area contributed by atoms with Crippen LogP contribution in [0.5, 0.6) is 0 Å². The minimum absolute atomic E-state index is 0.0861. The van der Waals surface area contributed by atoms with Gasteiger partial charge >= 0.3 is 0 Å². The normalized spacial score (nSPS) is 12.3. The first kappa shape index (κ1) is 15.8. The molecule has 4 nitrogen and oxygen atoms in total. The average Bonchev–Trinajstić information content (AvgIpc) is 2.83. The van der Waals surface area contributed by atoms with Crippen molar-refractivity contribution in [2.45, 2.75) is 44.4 Å². The van der Waals surface area contributed by atoms with Crippen LogP contribution in [0.1, 0.15) is 50.9 Å². The molecule has 0 aliphatic rings. The van der Waals surface area contributed by atoms with Gasteiger partial charge in [-0.3, -0.25) is 4.55 Å². The quantitative estimate of drug-likeness (QED) is 0.833. The fourth-order valence-electron chi connectivity index (χ4n) is 2.30. The summed E-state index contributed by atoms with van der Waals surface area (Å²) in [5.74, 6) is 0.738. The van der Waals surface area contributed by atoms with Crippen molar-refractivity contribution < 1.29 is 13.0 Å². The molecule has 0 unspecified atom stereocenters. The van der Waals surface area contributed by atoms with Crippen LogP contribution in [0.15, 0.2) is 35.2 Å². The molecule has 2 N–H and O–H groups in total. The van der Waals surface area contributed by atoms with E-state index < -0.39 is 10.1 Å². The molecule has 0 amide bonds. The Morgan fingerprint density at radius 1 is 1.00 bits per heavy atom. The molecule has 114 valence electrons. The molecule has 1 heterocycles. The number of aromatic amines is 1. The van der Waals surface area contributed by atoms with E-state index in [4.69, 9.17) is 4.55 Å². The molecule has 2 rings (SSSR count). The van der Waals surface area contributed by atoms with Crippen molar-refractivity contribution in [1.82, 2.24) is 4.98 Å². The first-order valence-corrected chi connectivity index (χ1v) is 8.45. The highest BCUT2D eigenvalue weighted by Crippen LogP contribution is 2.32. The number of H-pyrrole nitrogens is 1. The third kappa shape index (κ3) is 3.36. The van der Waals surface area contributed by atoms with Gasteiger partial charge in [0.2, 0.25) is 0 Å². The van der Waals surface area contributed by atoms with Gasteiger partial charge in [-0.05, 0) is 35.6 Å². The summed E-state index contributed by atoms with van der Waals surface area (Å²) >= 11 is 0. The predicted octanol–water partition coefficient (Wildman–Crippen LogP) is 4.18. The summed E-state index contributed by atoms with van der Waals surface area (Å²) < 4.78 is 31.2. The molecule has 1 aromatic carbocycles. The van der Waals surface area contributed by atoms with Crippen LogP contribution in [-0.2, 0) is 10.1 Å². The van der Waals surface area contributed by atoms with E-state index in [0.717, 1.165) is 22.5 Å². The van der Waals surface area contributed by atoms with Gasteiger partial charge in [0.15, 0.2) is 0 Å². The van der Waals surface area contributed by atoms with Gasteiger partial charge < -0.3 is 4.98 Å². The number of rotatable bonds is 4. The second-order valence-electron chi connectivity index (χ2n) is 5.86. The summed E-state index contributed by atoms with van der Waals surface area (Å²) in [7, 11) is -4.14. The Hall–Kier alpha value is -1.59. The number of hydrogen-bond acceptors (Lipinski definition) is 2. The van der Waals surface area contributed by atoms with Crippen LogP contribution < -0.4 is 0 Å². The van der Waals surface area contributed by atoms with E-state index in [9.17, 15) is 8.42 Å². The van der Waals surface area contributed by atoms with Crippen molar-refractivity contribution in [3.05, 3.63) is 41.7 Å². The summed E-state index contributed by atoms with van der Waals surface area (Å²) in [6, 6.07) is 8.42. The summed E-state index contributed by atoms with van der Waals surface area (Å²) in [6.45, 7) is 8.49. The second kappa shape index (κ2) is 5.66. The first-order chi connectivity index (χ1) is 9.70. The van der Waals surface area contributed by atoms with E-state index in [1.165, 1.54) is 12.1 Å². The molecular formula is C16H21NO3S. The smallest absolute Gasteiger partial charge is 0.294 e. The van der Waals surface area contributed by atoms with Gasteiger partial charge in [-0.1, -0.05) is 39.8 Å². The van der Waals surface area contributed by atoms with Gasteiger partial charge in [0.1, 0.15) is 0 Å². The SMILES string of the molecule is CC(C)c1cc(-c2ccc(S(=O)(=O)O)cc2)c(C(C)C)[nH]1. The first-order valence-electron chi connectivity index (χ1n) is 7.01. The zero-order valence-electron chi connectivity index (χ0n) is 12.7. The highest BCUT2D eigenvalue weighted by molar-refractivity contribution is 7.85. The molecule has 0 saturated heterocycles. The maximum absolute atomic E-state index is 11.1. The number of benzene rings is 1. The summed E-state index contributed by atoms with van der Waals surface area (Å²) in [5.41, 5.74) is 4.32. The molecule has 0 saturated carbocycles. The molecule has 0 bridgehead atoms. The van der Waals surface area contributed by atoms with Crippen LogP contribution in [0.2, 0.25) is 0 Å². The molecule has 0 atom stereocenters. The van der Waals surface area contributed by atoms with Crippen molar-refractivity contribution in [2.75, 3.05) is 0 Å². The van der Waals surface area contributed by atoms with Gasteiger partial charge in [0.05, 0.1) is 4.90 Å². The van der Waals surface area contributed by atoms with E-state index >= 15 is 0 Å². The lowest BCUT2D eigenvalue weighted by Crippen LogP contribution is -1.97. The van der Waals surface area contributed by atoms with Crippen LogP contribution in [0.25, 0.3) is 11.1 Å². The third-order valence-corrected chi connectivity index (χ3v) is 4.40. The minimum Gasteiger partial charge on any atom is -0.361 e. The Balaban J connectivity index is 2.51. The Morgan fingerprint density at radius 3 is 2.00 bits per heavy atom. The van der Waals surface area contributed by atoms with Gasteiger partial charge in [0.25, 0.3) is 10.1 Å². The predicted molar refractivity (Wildman–Crippen MR) is 84.2 cm³/mol. The fourth-order valence-corrected chi connectivity index (χ4v) is 2.78. The highest BCUT2D eigenvalue weighted by Gasteiger charge is 2.16. The Labute approximate surface area is 126 Å². The van der Waals surface area contributed by atoms with E-state index in [2.05, 4.69) is 38.7 Å². The van der Waals surface area contributed by atoms with Crippen LogP contribution in [-0.4, -0.2) is 18.0 Å². The van der Waals surface area contributed by atoms with Crippen molar-refractivity contribution >= 4 is 10.1 Å². The molecule has 0 aliphatic carbocycles. The van der Waals surface area contributed by atoms with Crippen LogP contribution in [0.4, 0.5) is 0 Å². The van der Waals surface area contributed by atoms with E-state index in [1.807, 2.05) is 0 Å². The van der Waals surface area contributed by atoms with E-state index in [0.29, 0.717) is 11.8 Å². The van der Waals surface area contributed by atoms with E-state index in [1.54, 1.807) is 12.1 Å². The van der Waals surface area contributed by atoms with Gasteiger partial charge in [-0.15, -0.1) is 0 Å². The molecule has 5 heteroatoms. The van der Waals surface area contributed by atoms with Gasteiger partial charge in [-0.2, -0.15) is 8.42 Å². The van der Waals surface area contributed by atoms with Crippen LogP contribution in [0.3, 0.4) is 0 Å². The van der Waals surface area contributed by atoms with Crippen LogP contribution in [0, 0.1) is 0 Å². The van der Waals surface area contributed by atoms with Crippen molar-refractivity contribution in [2.24, 2.45) is 0 Å². The standard InChI is InChI=1S/C16H21NO3S/c1-10(2)15-9-14(16(17-15)11(3)4)12-5-7-13(8-6-12)21(18,19)20/h5-11,17H,1-4H3,(H,18,19,20). The molecule has 0 spiro atoms. The van der Waals surface area contributed by atoms with Crippen LogP contribution >= 0.6 is 0 Å². The fraction of sp³-hybridized carbons (Fsp3) is 0.375. The maximum Gasteiger partial charge on any atom is 0.294 e. The molecule has 0 aliphatic heterocycles. The zero-order valence-corrected chi connectivity index (χ0v) is 13.5. The number of nitrogens with one attached hydrogen (secondary N) is 1. The summed E-state index contributed by atoms with van der Waals surface area (Å²) in [6.07, 6.45) is 0. The second-order valence-corrected chi connectivity index (χ2v) is 7.28. The lowest BCUT2D eigenvalue weighted by molar-refractivity contribution is 0.483. The summed E-state index contributed by atoms with van der Waals surface area (Å²) in [5, 5.41) is 0. The third-order valence-electron chi connectivity index (χ3n) is 3.53. The minimum atomic E-state index is -4.14. The molecule has 1 aromatic heterocycles. The summed E-state index contributed by atoms with van der Waals surface area (Å²) in [4.78, 5) is 3.37. The Kier molecular flexibility index (Phi) is 4.25. The molecule has 0 fully saturated rings.